The molecule has 0 amide bonds. The van der Waals surface area contributed by atoms with Gasteiger partial charge in [-0.3, -0.25) is 0 Å². The minimum Gasteiger partial charge on any atom is -0.454 e. The Kier molecular flexibility index (Phi) is 6.86. The van der Waals surface area contributed by atoms with Gasteiger partial charge in [-0.1, -0.05) is 152 Å². The second-order valence-electron chi connectivity index (χ2n) is 14.5. The fourth-order valence-electron chi connectivity index (χ4n) is 8.86. The number of rotatable bonds is 5. The standard InChI is InChI=1S/C52H32N4O/c1-3-17-33(18-4-1)41-32-42(54-52(53-41)34-19-5-2-6-20-34)40-31-47(55-43-26-12-7-21-35(43)36-22-8-13-27-44(36)55)49-39-25-11-16-30-48(39)57-51(49)50(40)56-45-28-14-9-23-37(45)38-24-10-15-29-46(38)56/h1-32H. The first-order valence-electron chi connectivity index (χ1n) is 19.3. The van der Waals surface area contributed by atoms with Gasteiger partial charge in [0.25, 0.3) is 0 Å². The van der Waals surface area contributed by atoms with Gasteiger partial charge in [-0.05, 0) is 42.5 Å². The van der Waals surface area contributed by atoms with E-state index in [0.717, 1.165) is 83.5 Å². The van der Waals surface area contributed by atoms with Gasteiger partial charge in [-0.15, -0.1) is 0 Å². The van der Waals surface area contributed by atoms with Crippen molar-refractivity contribution in [3.63, 3.8) is 0 Å². The average molecular weight is 729 g/mol. The molecular weight excluding hydrogens is 697 g/mol. The Morgan fingerprint density at radius 1 is 0.386 bits per heavy atom. The van der Waals surface area contributed by atoms with Crippen LogP contribution in [-0.4, -0.2) is 19.1 Å². The zero-order valence-electron chi connectivity index (χ0n) is 30.7. The molecule has 0 aliphatic rings. The van der Waals surface area contributed by atoms with Gasteiger partial charge in [-0.2, -0.15) is 0 Å². The van der Waals surface area contributed by atoms with Gasteiger partial charge in [0.1, 0.15) is 5.58 Å². The predicted octanol–water partition coefficient (Wildman–Crippen LogP) is 13.6. The molecule has 8 aromatic carbocycles. The van der Waals surface area contributed by atoms with E-state index in [9.17, 15) is 0 Å². The summed E-state index contributed by atoms with van der Waals surface area (Å²) in [5.41, 5.74) is 12.5. The largest absolute Gasteiger partial charge is 0.454 e. The molecule has 0 radical (unpaired) electrons. The van der Waals surface area contributed by atoms with Gasteiger partial charge < -0.3 is 13.6 Å². The molecule has 266 valence electrons. The van der Waals surface area contributed by atoms with Gasteiger partial charge in [0.15, 0.2) is 11.4 Å². The van der Waals surface area contributed by atoms with Crippen molar-refractivity contribution in [2.75, 3.05) is 0 Å². The zero-order chi connectivity index (χ0) is 37.5. The summed E-state index contributed by atoms with van der Waals surface area (Å²) in [5, 5.41) is 6.83. The van der Waals surface area contributed by atoms with E-state index in [4.69, 9.17) is 14.4 Å². The molecule has 0 fully saturated rings. The third kappa shape index (κ3) is 4.76. The number of benzene rings is 8. The first kappa shape index (κ1) is 31.6. The number of fused-ring (bicyclic) bond motifs is 9. The first-order valence-corrected chi connectivity index (χ1v) is 19.3. The monoisotopic (exact) mass is 728 g/mol. The quantitative estimate of drug-likeness (QED) is 0.177. The Bertz CT molecular complexity index is 3360. The summed E-state index contributed by atoms with van der Waals surface area (Å²) in [4.78, 5) is 10.7. The molecule has 0 aliphatic carbocycles. The van der Waals surface area contributed by atoms with Crippen molar-refractivity contribution in [3.8, 4) is 45.3 Å². The van der Waals surface area contributed by atoms with Crippen LogP contribution in [0.15, 0.2) is 199 Å². The van der Waals surface area contributed by atoms with Crippen LogP contribution in [-0.2, 0) is 0 Å². The summed E-state index contributed by atoms with van der Waals surface area (Å²) in [6.45, 7) is 0. The third-order valence-electron chi connectivity index (χ3n) is 11.3. The van der Waals surface area contributed by atoms with Gasteiger partial charge in [-0.25, -0.2) is 9.97 Å². The third-order valence-corrected chi connectivity index (χ3v) is 11.3. The summed E-state index contributed by atoms with van der Waals surface area (Å²) in [7, 11) is 0. The number of aromatic nitrogens is 4. The second-order valence-corrected chi connectivity index (χ2v) is 14.5. The average Bonchev–Trinajstić information content (AvgIpc) is 3.95. The molecule has 0 atom stereocenters. The highest BCUT2D eigenvalue weighted by Gasteiger charge is 2.27. The van der Waals surface area contributed by atoms with Crippen LogP contribution >= 0.6 is 0 Å². The van der Waals surface area contributed by atoms with E-state index in [1.165, 1.54) is 21.5 Å². The van der Waals surface area contributed by atoms with Crippen LogP contribution in [0, 0.1) is 0 Å². The zero-order valence-corrected chi connectivity index (χ0v) is 30.7. The Morgan fingerprint density at radius 2 is 0.842 bits per heavy atom. The van der Waals surface area contributed by atoms with Gasteiger partial charge in [0.2, 0.25) is 0 Å². The van der Waals surface area contributed by atoms with Crippen molar-refractivity contribution in [1.29, 1.82) is 0 Å². The van der Waals surface area contributed by atoms with Crippen LogP contribution in [0.4, 0.5) is 0 Å². The molecule has 0 aliphatic heterocycles. The maximum absolute atomic E-state index is 7.18. The minimum absolute atomic E-state index is 0.656. The van der Waals surface area contributed by atoms with Gasteiger partial charge in [0.05, 0.1) is 50.2 Å². The van der Waals surface area contributed by atoms with Crippen LogP contribution in [0.25, 0.3) is 111 Å². The Morgan fingerprint density at radius 3 is 1.42 bits per heavy atom. The van der Waals surface area contributed by atoms with E-state index in [2.05, 4.69) is 179 Å². The second kappa shape index (κ2) is 12.4. The molecule has 57 heavy (non-hydrogen) atoms. The lowest BCUT2D eigenvalue weighted by molar-refractivity contribution is 0.666. The Balaban J connectivity index is 1.31. The highest BCUT2D eigenvalue weighted by Crippen LogP contribution is 2.47. The van der Waals surface area contributed by atoms with Crippen molar-refractivity contribution in [2.24, 2.45) is 0 Å². The Labute approximate surface area is 327 Å². The smallest absolute Gasteiger partial charge is 0.162 e. The number of hydrogen-bond acceptors (Lipinski definition) is 3. The number of hydrogen-bond donors (Lipinski definition) is 0. The normalized spacial score (nSPS) is 11.9. The number of nitrogens with zero attached hydrogens (tertiary/aromatic N) is 4. The van der Waals surface area contributed by atoms with Gasteiger partial charge in [0, 0.05) is 43.6 Å². The summed E-state index contributed by atoms with van der Waals surface area (Å²) < 4.78 is 12.0. The lowest BCUT2D eigenvalue weighted by Gasteiger charge is -2.19. The fourth-order valence-corrected chi connectivity index (χ4v) is 8.86. The topological polar surface area (TPSA) is 48.8 Å². The maximum Gasteiger partial charge on any atom is 0.162 e. The highest BCUT2D eigenvalue weighted by molar-refractivity contribution is 6.19. The molecule has 5 heteroatoms. The van der Waals surface area contributed by atoms with E-state index >= 15 is 0 Å². The molecule has 0 N–H and O–H groups in total. The minimum atomic E-state index is 0.656. The fraction of sp³-hybridized carbons (Fsp3) is 0. The van der Waals surface area contributed by atoms with Crippen LogP contribution in [0.5, 0.6) is 0 Å². The van der Waals surface area contributed by atoms with E-state index in [1.54, 1.807) is 0 Å². The number of furan rings is 1. The summed E-state index contributed by atoms with van der Waals surface area (Å²) >= 11 is 0. The Hall–Kier alpha value is -7.76. The van der Waals surface area contributed by atoms with Crippen molar-refractivity contribution in [1.82, 2.24) is 19.1 Å². The molecule has 0 bridgehead atoms. The summed E-state index contributed by atoms with van der Waals surface area (Å²) in [6.07, 6.45) is 0. The number of para-hydroxylation sites is 5. The van der Waals surface area contributed by atoms with Crippen LogP contribution in [0.1, 0.15) is 0 Å². The highest BCUT2D eigenvalue weighted by atomic mass is 16.3. The molecule has 0 spiro atoms. The molecule has 0 saturated carbocycles. The molecule has 0 saturated heterocycles. The van der Waals surface area contributed by atoms with Crippen molar-refractivity contribution < 1.29 is 4.42 Å². The summed E-state index contributed by atoms with van der Waals surface area (Å²) in [6, 6.07) is 68.2. The first-order chi connectivity index (χ1) is 28.3. The van der Waals surface area contributed by atoms with E-state index in [-0.39, 0.29) is 0 Å². The SMILES string of the molecule is c1ccc(-c2cc(-c3cc(-n4c5ccccc5c5ccccc54)c4c(oc5ccccc54)c3-n3c4ccccc4c4ccccc43)nc(-c3ccccc3)n2)cc1. The molecule has 4 aromatic heterocycles. The lowest BCUT2D eigenvalue weighted by atomic mass is 10.00. The molecule has 4 heterocycles. The van der Waals surface area contributed by atoms with Crippen molar-refractivity contribution >= 4 is 65.6 Å². The van der Waals surface area contributed by atoms with Crippen molar-refractivity contribution in [2.45, 2.75) is 0 Å². The van der Waals surface area contributed by atoms with Gasteiger partial charge >= 0.3 is 0 Å². The van der Waals surface area contributed by atoms with E-state index < -0.39 is 0 Å². The molecule has 5 nitrogen and oxygen atoms in total. The van der Waals surface area contributed by atoms with E-state index in [0.29, 0.717) is 5.82 Å². The van der Waals surface area contributed by atoms with Crippen molar-refractivity contribution in [3.05, 3.63) is 194 Å². The molecule has 12 aromatic rings. The van der Waals surface area contributed by atoms with Crippen LogP contribution in [0.3, 0.4) is 0 Å². The molecule has 0 unspecified atom stereocenters. The van der Waals surface area contributed by atoms with E-state index in [1.807, 2.05) is 24.3 Å². The predicted molar refractivity (Wildman–Crippen MR) is 234 cm³/mol. The molecule has 12 rings (SSSR count). The van der Waals surface area contributed by atoms with Crippen LogP contribution < -0.4 is 0 Å². The maximum atomic E-state index is 7.18. The summed E-state index contributed by atoms with van der Waals surface area (Å²) in [5.74, 6) is 0.656. The lowest BCUT2D eigenvalue weighted by Crippen LogP contribution is -2.04. The van der Waals surface area contributed by atoms with Crippen LogP contribution in [0.2, 0.25) is 0 Å². The molecular formula is C52H32N4O.